The highest BCUT2D eigenvalue weighted by atomic mass is 16.5. The van der Waals surface area contributed by atoms with Crippen molar-refractivity contribution in [3.63, 3.8) is 0 Å². The van der Waals surface area contributed by atoms with Crippen LogP contribution in [0.1, 0.15) is 46.0 Å². The first-order valence-electron chi connectivity index (χ1n) is 7.89. The zero-order chi connectivity index (χ0) is 14.4. The zero-order valence-electron chi connectivity index (χ0n) is 12.2. The summed E-state index contributed by atoms with van der Waals surface area (Å²) < 4.78 is 5.76. The van der Waals surface area contributed by atoms with E-state index in [2.05, 4.69) is 0 Å². The minimum atomic E-state index is -0.931. The molecule has 4 heteroatoms. The number of carbonyl (C=O) groups is 2. The van der Waals surface area contributed by atoms with Gasteiger partial charge >= 0.3 is 11.9 Å². The molecule has 4 saturated carbocycles. The van der Waals surface area contributed by atoms with Gasteiger partial charge < -0.3 is 9.84 Å². The maximum atomic E-state index is 12.2. The Morgan fingerprint density at radius 3 is 1.90 bits per heavy atom. The lowest BCUT2D eigenvalue weighted by molar-refractivity contribution is -0.178. The highest BCUT2D eigenvalue weighted by Crippen LogP contribution is 2.54. The molecule has 4 aliphatic carbocycles. The van der Waals surface area contributed by atoms with Gasteiger partial charge in [0.05, 0.1) is 11.8 Å². The highest BCUT2D eigenvalue weighted by molar-refractivity contribution is 5.80. The number of hydrogen-bond acceptors (Lipinski definition) is 3. The van der Waals surface area contributed by atoms with Crippen molar-refractivity contribution in [2.24, 2.45) is 35.5 Å². The van der Waals surface area contributed by atoms with E-state index in [1.54, 1.807) is 13.8 Å². The summed E-state index contributed by atoms with van der Waals surface area (Å²) >= 11 is 0. The van der Waals surface area contributed by atoms with Crippen molar-refractivity contribution < 1.29 is 19.4 Å². The molecule has 0 spiro atoms. The van der Waals surface area contributed by atoms with E-state index in [0.717, 1.165) is 11.8 Å². The average Bonchev–Trinajstić information content (AvgIpc) is 2.40. The van der Waals surface area contributed by atoms with Crippen molar-refractivity contribution >= 4 is 11.9 Å². The smallest absolute Gasteiger partial charge is 0.309 e. The third-order valence-corrected chi connectivity index (χ3v) is 5.90. The van der Waals surface area contributed by atoms with Crippen molar-refractivity contribution in [1.82, 2.24) is 0 Å². The van der Waals surface area contributed by atoms with Crippen LogP contribution in [0.2, 0.25) is 0 Å². The number of ether oxygens (including phenoxy) is 1. The van der Waals surface area contributed by atoms with E-state index in [9.17, 15) is 9.59 Å². The van der Waals surface area contributed by atoms with Crippen LogP contribution in [0.25, 0.3) is 0 Å². The maximum absolute atomic E-state index is 12.2. The summed E-state index contributed by atoms with van der Waals surface area (Å²) in [5, 5.41) is 9.00. The molecule has 0 radical (unpaired) electrons. The fourth-order valence-corrected chi connectivity index (χ4v) is 4.73. The molecule has 1 N–H and O–H groups in total. The fraction of sp³-hybridized carbons (Fsp3) is 0.875. The second kappa shape index (κ2) is 5.05. The third-order valence-electron chi connectivity index (χ3n) is 5.90. The van der Waals surface area contributed by atoms with Gasteiger partial charge in [0.1, 0.15) is 6.10 Å². The molecule has 0 aliphatic heterocycles. The van der Waals surface area contributed by atoms with Crippen molar-refractivity contribution in [2.45, 2.75) is 52.1 Å². The van der Waals surface area contributed by atoms with Gasteiger partial charge in [-0.1, -0.05) is 13.8 Å². The molecule has 4 rings (SSSR count). The lowest BCUT2D eigenvalue weighted by Crippen LogP contribution is -2.50. The van der Waals surface area contributed by atoms with Gasteiger partial charge in [-0.2, -0.15) is 0 Å². The van der Waals surface area contributed by atoms with Crippen LogP contribution in [-0.4, -0.2) is 23.1 Å². The molecule has 0 aromatic rings. The number of carboxylic acids is 1. The molecular formula is C16H24O4. The van der Waals surface area contributed by atoms with Gasteiger partial charge in [-0.25, -0.2) is 0 Å². The predicted molar refractivity (Wildman–Crippen MR) is 72.9 cm³/mol. The first-order chi connectivity index (χ1) is 9.45. The lowest BCUT2D eigenvalue weighted by atomic mass is 9.55. The quantitative estimate of drug-likeness (QED) is 0.804. The Morgan fingerprint density at radius 1 is 0.950 bits per heavy atom. The van der Waals surface area contributed by atoms with E-state index in [0.29, 0.717) is 11.8 Å². The first kappa shape index (κ1) is 13.9. The van der Waals surface area contributed by atoms with Crippen LogP contribution < -0.4 is 0 Å². The summed E-state index contributed by atoms with van der Waals surface area (Å²) in [5.41, 5.74) is 0. The number of hydrogen-bond donors (Lipinski definition) is 1. The Morgan fingerprint density at radius 2 is 1.45 bits per heavy atom. The van der Waals surface area contributed by atoms with Gasteiger partial charge in [-0.3, -0.25) is 9.59 Å². The Labute approximate surface area is 119 Å². The van der Waals surface area contributed by atoms with E-state index in [4.69, 9.17) is 9.84 Å². The number of rotatable bonds is 4. The Hall–Kier alpha value is -1.06. The number of carbonyl (C=O) groups excluding carboxylic acids is 1. The number of carboxylic acid groups (broad SMARTS) is 1. The molecule has 2 unspecified atom stereocenters. The summed E-state index contributed by atoms with van der Waals surface area (Å²) in [6, 6.07) is 0. The second-order valence-electron chi connectivity index (χ2n) is 7.25. The van der Waals surface area contributed by atoms with Crippen molar-refractivity contribution in [2.75, 3.05) is 0 Å². The molecule has 0 aromatic carbocycles. The second-order valence-corrected chi connectivity index (χ2v) is 7.25. The van der Waals surface area contributed by atoms with Crippen LogP contribution in [-0.2, 0) is 14.3 Å². The summed E-state index contributed by atoms with van der Waals surface area (Å²) in [7, 11) is 0. The van der Waals surface area contributed by atoms with Gasteiger partial charge in [0.15, 0.2) is 0 Å². The minimum absolute atomic E-state index is 0.0544. The zero-order valence-corrected chi connectivity index (χ0v) is 12.2. The molecule has 0 saturated heterocycles. The van der Waals surface area contributed by atoms with Gasteiger partial charge in [0.2, 0.25) is 0 Å². The largest absolute Gasteiger partial charge is 0.481 e. The maximum Gasteiger partial charge on any atom is 0.309 e. The third kappa shape index (κ3) is 2.33. The normalized spacial score (nSPS) is 41.2. The molecule has 112 valence electrons. The number of aliphatic carboxylic acids is 1. The van der Waals surface area contributed by atoms with Crippen LogP contribution in [0.15, 0.2) is 0 Å². The van der Waals surface area contributed by atoms with Gasteiger partial charge in [0.25, 0.3) is 0 Å². The molecule has 4 fully saturated rings. The summed E-state index contributed by atoms with van der Waals surface area (Å²) in [6.45, 7) is 3.24. The van der Waals surface area contributed by atoms with E-state index in [-0.39, 0.29) is 12.1 Å². The molecular weight excluding hydrogens is 256 g/mol. The van der Waals surface area contributed by atoms with Crippen LogP contribution in [0, 0.1) is 35.5 Å². The van der Waals surface area contributed by atoms with E-state index >= 15 is 0 Å². The summed E-state index contributed by atoms with van der Waals surface area (Å²) in [5.74, 6) is 0.261. The first-order valence-corrected chi connectivity index (χ1v) is 7.89. The SMILES string of the molecule is CC(C(=O)O)C(C)C(=O)OC1C2CC3CC(C2)CC1C3. The topological polar surface area (TPSA) is 63.6 Å². The van der Waals surface area contributed by atoms with Crippen molar-refractivity contribution in [3.8, 4) is 0 Å². The van der Waals surface area contributed by atoms with Crippen molar-refractivity contribution in [1.29, 1.82) is 0 Å². The molecule has 4 aliphatic rings. The number of esters is 1. The van der Waals surface area contributed by atoms with Gasteiger partial charge in [-0.05, 0) is 55.8 Å². The Kier molecular flexibility index (Phi) is 3.51. The van der Waals surface area contributed by atoms with Crippen LogP contribution in [0.3, 0.4) is 0 Å². The molecule has 20 heavy (non-hydrogen) atoms. The minimum Gasteiger partial charge on any atom is -0.481 e. The lowest BCUT2D eigenvalue weighted by Gasteiger charge is -2.53. The van der Waals surface area contributed by atoms with E-state index < -0.39 is 17.8 Å². The van der Waals surface area contributed by atoms with Gasteiger partial charge in [-0.15, -0.1) is 0 Å². The molecule has 0 aromatic heterocycles. The molecule has 0 heterocycles. The Balaban J connectivity index is 1.63. The molecule has 4 nitrogen and oxygen atoms in total. The Bertz CT molecular complexity index is 389. The fourth-order valence-electron chi connectivity index (χ4n) is 4.73. The van der Waals surface area contributed by atoms with E-state index in [1.165, 1.54) is 32.1 Å². The molecule has 2 atom stereocenters. The van der Waals surface area contributed by atoms with Crippen LogP contribution >= 0.6 is 0 Å². The van der Waals surface area contributed by atoms with Crippen molar-refractivity contribution in [3.05, 3.63) is 0 Å². The van der Waals surface area contributed by atoms with Gasteiger partial charge in [0, 0.05) is 0 Å². The highest BCUT2D eigenvalue weighted by Gasteiger charge is 2.50. The van der Waals surface area contributed by atoms with E-state index in [1.807, 2.05) is 0 Å². The monoisotopic (exact) mass is 280 g/mol. The standard InChI is InChI=1S/C16H24O4/c1-8(15(17)18)9(2)16(19)20-14-12-4-10-3-11(6-12)7-13(14)5-10/h8-14H,3-7H2,1-2H3,(H,17,18). The van der Waals surface area contributed by atoms with Crippen LogP contribution in [0.4, 0.5) is 0 Å². The summed E-state index contributed by atoms with van der Waals surface area (Å²) in [4.78, 5) is 23.2. The molecule has 0 amide bonds. The van der Waals surface area contributed by atoms with Crippen LogP contribution in [0.5, 0.6) is 0 Å². The molecule has 4 bridgehead atoms. The summed E-state index contributed by atoms with van der Waals surface area (Å²) in [6.07, 6.45) is 6.24. The average molecular weight is 280 g/mol. The predicted octanol–water partition coefficient (Wildman–Crippen LogP) is 2.71.